The highest BCUT2D eigenvalue weighted by Crippen LogP contribution is 2.20. The summed E-state index contributed by atoms with van der Waals surface area (Å²) in [5.41, 5.74) is 1.12. The van der Waals surface area contributed by atoms with Crippen LogP contribution in [0.3, 0.4) is 0 Å². The van der Waals surface area contributed by atoms with Crippen LogP contribution in [0.4, 0.5) is 0 Å². The van der Waals surface area contributed by atoms with E-state index in [1.807, 2.05) is 30.3 Å². The van der Waals surface area contributed by atoms with Crippen LogP contribution in [0.5, 0.6) is 0 Å². The Morgan fingerprint density at radius 3 is 2.67 bits per heavy atom. The molecule has 1 N–H and O–H groups in total. The molecule has 6 nitrogen and oxygen atoms in total. The zero-order valence-electron chi connectivity index (χ0n) is 13.1. The Morgan fingerprint density at radius 2 is 2.00 bits per heavy atom. The van der Waals surface area contributed by atoms with E-state index in [0.29, 0.717) is 17.9 Å². The van der Waals surface area contributed by atoms with Gasteiger partial charge in [-0.1, -0.05) is 42.1 Å². The average Bonchev–Trinajstić information content (AvgIpc) is 3.00. The minimum absolute atomic E-state index is 0.0334. The number of amides is 1. The van der Waals surface area contributed by atoms with Crippen molar-refractivity contribution in [3.8, 4) is 11.3 Å². The highest BCUT2D eigenvalue weighted by Gasteiger charge is 2.29. The summed E-state index contributed by atoms with van der Waals surface area (Å²) >= 11 is 1.22. The molecule has 1 amide bonds. The van der Waals surface area contributed by atoms with Gasteiger partial charge in [0.15, 0.2) is 0 Å². The van der Waals surface area contributed by atoms with Crippen LogP contribution in [0.15, 0.2) is 47.3 Å². The van der Waals surface area contributed by atoms with Gasteiger partial charge in [-0.15, -0.1) is 0 Å². The molecule has 1 aliphatic heterocycles. The molecule has 24 heavy (non-hydrogen) atoms. The van der Waals surface area contributed by atoms with Gasteiger partial charge in [-0.3, -0.25) is 14.4 Å². The van der Waals surface area contributed by atoms with E-state index >= 15 is 0 Å². The normalized spacial score (nSPS) is 18.4. The molecule has 2 unspecified atom stereocenters. The molecule has 2 atom stereocenters. The van der Waals surface area contributed by atoms with Crippen molar-refractivity contribution >= 4 is 22.8 Å². The van der Waals surface area contributed by atoms with Crippen molar-refractivity contribution in [1.82, 2.24) is 15.1 Å². The van der Waals surface area contributed by atoms with Gasteiger partial charge in [0.2, 0.25) is 11.0 Å². The number of carbonyl (C=O) groups is 2. The Balaban J connectivity index is 1.84. The van der Waals surface area contributed by atoms with Crippen LogP contribution < -0.4 is 10.9 Å². The lowest BCUT2D eigenvalue weighted by atomic mass is 10.1. The maximum absolute atomic E-state index is 12.4. The van der Waals surface area contributed by atoms with Gasteiger partial charge in [-0.2, -0.15) is 5.10 Å². The van der Waals surface area contributed by atoms with E-state index in [1.165, 1.54) is 17.8 Å². The lowest BCUT2D eigenvalue weighted by molar-refractivity contribution is -0.127. The van der Waals surface area contributed by atoms with E-state index in [1.54, 1.807) is 13.0 Å². The Labute approximate surface area is 143 Å². The Bertz CT molecular complexity index is 819. The molecule has 7 heteroatoms. The number of hydrogen-bond donors (Lipinski definition) is 1. The highest BCUT2D eigenvalue weighted by atomic mass is 32.2. The second-order valence-corrected chi connectivity index (χ2v) is 6.66. The first kappa shape index (κ1) is 16.4. The van der Waals surface area contributed by atoms with Crippen LogP contribution in [0.1, 0.15) is 19.4 Å². The fourth-order valence-electron chi connectivity index (χ4n) is 2.50. The third-order valence-corrected chi connectivity index (χ3v) is 4.90. The molecule has 124 valence electrons. The van der Waals surface area contributed by atoms with Gasteiger partial charge >= 0.3 is 0 Å². The predicted molar refractivity (Wildman–Crippen MR) is 92.7 cm³/mol. The molecule has 2 heterocycles. The maximum atomic E-state index is 12.4. The summed E-state index contributed by atoms with van der Waals surface area (Å²) < 4.78 is 1.16. The van der Waals surface area contributed by atoms with Gasteiger partial charge in [0, 0.05) is 17.4 Å². The Kier molecular flexibility index (Phi) is 4.80. The minimum Gasteiger partial charge on any atom is -0.343 e. The summed E-state index contributed by atoms with van der Waals surface area (Å²) in [4.78, 5) is 36.1. The molecule has 1 aromatic heterocycles. The standard InChI is InChI=1S/C17H17N3O3S/c1-11(16(22)18-14-9-10-24-17(14)23)20-15(21)8-7-13(19-20)12-5-3-2-4-6-12/h2-8,11,14H,9-10H2,1H3,(H,18,22). The molecule has 0 aliphatic carbocycles. The first-order valence-electron chi connectivity index (χ1n) is 7.68. The molecule has 1 aromatic carbocycles. The number of thioether (sulfide) groups is 1. The lowest BCUT2D eigenvalue weighted by Gasteiger charge is -2.17. The molecule has 2 aromatic rings. The van der Waals surface area contributed by atoms with Crippen molar-refractivity contribution in [2.24, 2.45) is 0 Å². The molecule has 1 fully saturated rings. The van der Waals surface area contributed by atoms with Crippen molar-refractivity contribution in [2.45, 2.75) is 25.4 Å². The fourth-order valence-corrected chi connectivity index (χ4v) is 3.43. The summed E-state index contributed by atoms with van der Waals surface area (Å²) in [5.74, 6) is 0.329. The van der Waals surface area contributed by atoms with Crippen LogP contribution in [-0.2, 0) is 9.59 Å². The van der Waals surface area contributed by atoms with Crippen molar-refractivity contribution in [2.75, 3.05) is 5.75 Å². The molecule has 0 bridgehead atoms. The van der Waals surface area contributed by atoms with E-state index in [0.717, 1.165) is 10.2 Å². The zero-order valence-corrected chi connectivity index (χ0v) is 14.0. The third-order valence-electron chi connectivity index (χ3n) is 3.89. The summed E-state index contributed by atoms with van der Waals surface area (Å²) in [5, 5.41) is 6.98. The molecule has 3 rings (SSSR count). The summed E-state index contributed by atoms with van der Waals surface area (Å²) in [6, 6.07) is 11.2. The van der Waals surface area contributed by atoms with E-state index in [4.69, 9.17) is 0 Å². The molecule has 0 radical (unpaired) electrons. The quantitative estimate of drug-likeness (QED) is 0.912. The van der Waals surface area contributed by atoms with E-state index in [2.05, 4.69) is 10.4 Å². The third kappa shape index (κ3) is 3.41. The SMILES string of the molecule is CC(C(=O)NC1CCSC1=O)n1nc(-c2ccccc2)ccc1=O. The molecular weight excluding hydrogens is 326 g/mol. The van der Waals surface area contributed by atoms with Gasteiger partial charge in [0.1, 0.15) is 6.04 Å². The number of nitrogens with one attached hydrogen (secondary N) is 1. The van der Waals surface area contributed by atoms with Crippen LogP contribution in [0.2, 0.25) is 0 Å². The number of benzene rings is 1. The molecule has 0 saturated carbocycles. The van der Waals surface area contributed by atoms with Crippen LogP contribution in [-0.4, -0.2) is 32.6 Å². The van der Waals surface area contributed by atoms with Gasteiger partial charge < -0.3 is 5.32 Å². The average molecular weight is 343 g/mol. The van der Waals surface area contributed by atoms with E-state index in [9.17, 15) is 14.4 Å². The van der Waals surface area contributed by atoms with Crippen LogP contribution in [0, 0.1) is 0 Å². The predicted octanol–water partition coefficient (Wildman–Crippen LogP) is 1.62. The van der Waals surface area contributed by atoms with Crippen molar-refractivity contribution in [3.63, 3.8) is 0 Å². The number of hydrogen-bond acceptors (Lipinski definition) is 5. The minimum atomic E-state index is -0.792. The van der Waals surface area contributed by atoms with Crippen molar-refractivity contribution in [1.29, 1.82) is 0 Å². The Morgan fingerprint density at radius 1 is 1.25 bits per heavy atom. The highest BCUT2D eigenvalue weighted by molar-refractivity contribution is 8.14. The van der Waals surface area contributed by atoms with Crippen molar-refractivity contribution in [3.05, 3.63) is 52.8 Å². The van der Waals surface area contributed by atoms with Gasteiger partial charge in [0.25, 0.3) is 5.56 Å². The first-order valence-corrected chi connectivity index (χ1v) is 8.67. The van der Waals surface area contributed by atoms with E-state index in [-0.39, 0.29) is 16.6 Å². The van der Waals surface area contributed by atoms with E-state index < -0.39 is 12.1 Å². The molecule has 0 spiro atoms. The number of carbonyl (C=O) groups excluding carboxylic acids is 2. The largest absolute Gasteiger partial charge is 0.343 e. The monoisotopic (exact) mass is 343 g/mol. The van der Waals surface area contributed by atoms with Crippen molar-refractivity contribution < 1.29 is 9.59 Å². The van der Waals surface area contributed by atoms with Crippen LogP contribution in [0.25, 0.3) is 11.3 Å². The lowest BCUT2D eigenvalue weighted by Crippen LogP contribution is -2.43. The van der Waals surface area contributed by atoms with Gasteiger partial charge in [-0.05, 0) is 19.4 Å². The zero-order chi connectivity index (χ0) is 17.1. The topological polar surface area (TPSA) is 81.1 Å². The Hall–Kier alpha value is -2.41. The smallest absolute Gasteiger partial charge is 0.267 e. The molecule has 1 aliphatic rings. The number of nitrogens with zero attached hydrogens (tertiary/aromatic N) is 2. The summed E-state index contributed by atoms with van der Waals surface area (Å²) in [7, 11) is 0. The molecular formula is C17H17N3O3S. The number of aromatic nitrogens is 2. The second-order valence-electron chi connectivity index (χ2n) is 5.56. The maximum Gasteiger partial charge on any atom is 0.267 e. The summed E-state index contributed by atoms with van der Waals surface area (Å²) in [6.45, 7) is 1.60. The van der Waals surface area contributed by atoms with Gasteiger partial charge in [-0.25, -0.2) is 4.68 Å². The van der Waals surface area contributed by atoms with Gasteiger partial charge in [0.05, 0.1) is 11.7 Å². The second kappa shape index (κ2) is 7.00. The van der Waals surface area contributed by atoms with Crippen LogP contribution >= 0.6 is 11.8 Å². The fraction of sp³-hybridized carbons (Fsp3) is 0.294. The molecule has 1 saturated heterocycles. The number of rotatable bonds is 4. The summed E-state index contributed by atoms with van der Waals surface area (Å²) in [6.07, 6.45) is 0.619. The first-order chi connectivity index (χ1) is 11.6.